The lowest BCUT2D eigenvalue weighted by Gasteiger charge is -2.28. The van der Waals surface area contributed by atoms with E-state index in [-0.39, 0.29) is 23.0 Å². The molecule has 106 valence electrons. The average molecular weight is 281 g/mol. The van der Waals surface area contributed by atoms with Gasteiger partial charge in [-0.05, 0) is 36.8 Å². The van der Waals surface area contributed by atoms with Crippen molar-refractivity contribution < 1.29 is 14.7 Å². The standard InChI is InChI=1S/C17H15NO3/c1-11-6-7-13(16(20)10-11)17(21)18-9-8-15(19)12-4-2-3-5-14(12)18/h2-7,10,20H,8-9H2,1H3. The van der Waals surface area contributed by atoms with Gasteiger partial charge in [-0.2, -0.15) is 0 Å². The molecular formula is C17H15NO3. The van der Waals surface area contributed by atoms with E-state index in [2.05, 4.69) is 0 Å². The number of carbonyl (C=O) groups excluding carboxylic acids is 2. The van der Waals surface area contributed by atoms with E-state index in [9.17, 15) is 14.7 Å². The summed E-state index contributed by atoms with van der Waals surface area (Å²) in [5.74, 6) is -0.274. The number of phenols is 1. The van der Waals surface area contributed by atoms with Gasteiger partial charge < -0.3 is 10.0 Å². The van der Waals surface area contributed by atoms with E-state index in [4.69, 9.17) is 0 Å². The summed E-state index contributed by atoms with van der Waals surface area (Å²) in [6, 6.07) is 12.0. The maximum Gasteiger partial charge on any atom is 0.262 e. The van der Waals surface area contributed by atoms with Gasteiger partial charge in [0.15, 0.2) is 5.78 Å². The molecule has 0 aliphatic carbocycles. The van der Waals surface area contributed by atoms with Crippen LogP contribution in [0.4, 0.5) is 5.69 Å². The summed E-state index contributed by atoms with van der Waals surface area (Å²) >= 11 is 0. The second-order valence-corrected chi connectivity index (χ2v) is 5.17. The molecule has 1 amide bonds. The lowest BCUT2D eigenvalue weighted by Crippen LogP contribution is -2.37. The van der Waals surface area contributed by atoms with Crippen LogP contribution in [0.15, 0.2) is 42.5 Å². The molecule has 2 aromatic rings. The summed E-state index contributed by atoms with van der Waals surface area (Å²) in [4.78, 5) is 26.1. The van der Waals surface area contributed by atoms with E-state index in [1.165, 1.54) is 0 Å². The van der Waals surface area contributed by atoms with Crippen molar-refractivity contribution in [2.24, 2.45) is 0 Å². The summed E-state index contributed by atoms with van der Waals surface area (Å²) in [5.41, 5.74) is 2.31. The van der Waals surface area contributed by atoms with Gasteiger partial charge in [-0.3, -0.25) is 9.59 Å². The zero-order chi connectivity index (χ0) is 15.0. The molecule has 0 saturated heterocycles. The SMILES string of the molecule is Cc1ccc(C(=O)N2CCC(=O)c3ccccc32)c(O)c1. The number of ketones is 1. The molecule has 1 heterocycles. The van der Waals surface area contributed by atoms with Crippen molar-refractivity contribution in [1.29, 1.82) is 0 Å². The van der Waals surface area contributed by atoms with Gasteiger partial charge in [0.25, 0.3) is 5.91 Å². The minimum atomic E-state index is -0.285. The quantitative estimate of drug-likeness (QED) is 0.874. The van der Waals surface area contributed by atoms with Crippen molar-refractivity contribution in [3.05, 3.63) is 59.2 Å². The summed E-state index contributed by atoms with van der Waals surface area (Å²) < 4.78 is 0. The molecule has 0 fully saturated rings. The lowest BCUT2D eigenvalue weighted by molar-refractivity contribution is 0.0954. The van der Waals surface area contributed by atoms with Crippen molar-refractivity contribution in [1.82, 2.24) is 0 Å². The predicted octanol–water partition coefficient (Wildman–Crippen LogP) is 2.93. The van der Waals surface area contributed by atoms with E-state index >= 15 is 0 Å². The first-order chi connectivity index (χ1) is 10.1. The highest BCUT2D eigenvalue weighted by atomic mass is 16.3. The molecule has 0 aromatic heterocycles. The van der Waals surface area contributed by atoms with Crippen LogP contribution in [-0.2, 0) is 0 Å². The van der Waals surface area contributed by atoms with E-state index < -0.39 is 0 Å². The van der Waals surface area contributed by atoms with E-state index in [1.54, 1.807) is 47.4 Å². The molecule has 0 saturated carbocycles. The molecule has 4 heteroatoms. The molecule has 3 rings (SSSR count). The molecule has 1 aliphatic heterocycles. The fourth-order valence-electron chi connectivity index (χ4n) is 2.59. The van der Waals surface area contributed by atoms with Crippen molar-refractivity contribution in [2.75, 3.05) is 11.4 Å². The van der Waals surface area contributed by atoms with Gasteiger partial charge in [-0.1, -0.05) is 18.2 Å². The van der Waals surface area contributed by atoms with Gasteiger partial charge in [0.1, 0.15) is 5.75 Å². The Morgan fingerprint density at radius 1 is 1.19 bits per heavy atom. The smallest absolute Gasteiger partial charge is 0.262 e. The number of Topliss-reactive ketones (excluding diaryl/α,β-unsaturated/α-hetero) is 1. The highest BCUT2D eigenvalue weighted by molar-refractivity contribution is 6.14. The summed E-state index contributed by atoms with van der Waals surface area (Å²) in [6.45, 7) is 2.19. The Kier molecular flexibility index (Phi) is 3.22. The van der Waals surface area contributed by atoms with Gasteiger partial charge in [0.05, 0.1) is 11.3 Å². The number of aromatic hydroxyl groups is 1. The van der Waals surface area contributed by atoms with Crippen molar-refractivity contribution in [3.8, 4) is 5.75 Å². The van der Waals surface area contributed by atoms with Crippen LogP contribution in [0.1, 0.15) is 32.7 Å². The lowest BCUT2D eigenvalue weighted by atomic mass is 9.99. The number of anilines is 1. The maximum absolute atomic E-state index is 12.7. The number of rotatable bonds is 1. The van der Waals surface area contributed by atoms with Gasteiger partial charge in [0, 0.05) is 18.5 Å². The highest BCUT2D eigenvalue weighted by Crippen LogP contribution is 2.30. The number of carbonyl (C=O) groups is 2. The van der Waals surface area contributed by atoms with Crippen LogP contribution in [0.2, 0.25) is 0 Å². The number of fused-ring (bicyclic) bond motifs is 1. The fraction of sp³-hybridized carbons (Fsp3) is 0.176. The molecule has 21 heavy (non-hydrogen) atoms. The Hall–Kier alpha value is -2.62. The van der Waals surface area contributed by atoms with E-state index in [0.29, 0.717) is 24.2 Å². The second kappa shape index (κ2) is 5.05. The predicted molar refractivity (Wildman–Crippen MR) is 79.9 cm³/mol. The first kappa shape index (κ1) is 13.4. The molecule has 0 spiro atoms. The third-order valence-corrected chi connectivity index (χ3v) is 3.69. The molecule has 0 bridgehead atoms. The highest BCUT2D eigenvalue weighted by Gasteiger charge is 2.28. The van der Waals surface area contributed by atoms with Crippen molar-refractivity contribution >= 4 is 17.4 Å². The Bertz CT molecular complexity index is 737. The molecule has 1 N–H and O–H groups in total. The molecule has 2 aromatic carbocycles. The van der Waals surface area contributed by atoms with E-state index in [0.717, 1.165) is 5.56 Å². The second-order valence-electron chi connectivity index (χ2n) is 5.17. The van der Waals surface area contributed by atoms with Gasteiger partial charge >= 0.3 is 0 Å². The maximum atomic E-state index is 12.7. The zero-order valence-electron chi connectivity index (χ0n) is 11.7. The topological polar surface area (TPSA) is 57.6 Å². The third kappa shape index (κ3) is 2.29. The van der Waals surface area contributed by atoms with Crippen LogP contribution >= 0.6 is 0 Å². The number of benzene rings is 2. The first-order valence-corrected chi connectivity index (χ1v) is 6.81. The summed E-state index contributed by atoms with van der Waals surface area (Å²) in [5, 5.41) is 9.98. The number of hydrogen-bond acceptors (Lipinski definition) is 3. The van der Waals surface area contributed by atoms with E-state index in [1.807, 2.05) is 6.92 Å². The van der Waals surface area contributed by atoms with Crippen LogP contribution in [0.3, 0.4) is 0 Å². The van der Waals surface area contributed by atoms with Crippen LogP contribution in [0.5, 0.6) is 5.75 Å². The molecule has 0 unspecified atom stereocenters. The Balaban J connectivity index is 2.03. The normalized spacial score (nSPS) is 14.0. The minimum absolute atomic E-state index is 0.0330. The number of hydrogen-bond donors (Lipinski definition) is 1. The summed E-state index contributed by atoms with van der Waals surface area (Å²) in [7, 11) is 0. The Labute approximate surface area is 122 Å². The van der Waals surface area contributed by atoms with Crippen LogP contribution in [0.25, 0.3) is 0 Å². The molecule has 4 nitrogen and oxygen atoms in total. The Morgan fingerprint density at radius 2 is 1.95 bits per heavy atom. The molecule has 1 aliphatic rings. The van der Waals surface area contributed by atoms with Crippen LogP contribution < -0.4 is 4.90 Å². The third-order valence-electron chi connectivity index (χ3n) is 3.69. The number of amides is 1. The number of para-hydroxylation sites is 1. The minimum Gasteiger partial charge on any atom is -0.507 e. The fourth-order valence-corrected chi connectivity index (χ4v) is 2.59. The molecule has 0 radical (unpaired) electrons. The summed E-state index contributed by atoms with van der Waals surface area (Å²) in [6.07, 6.45) is 0.301. The number of nitrogens with zero attached hydrogens (tertiary/aromatic N) is 1. The molecular weight excluding hydrogens is 266 g/mol. The average Bonchev–Trinajstić information content (AvgIpc) is 2.47. The van der Waals surface area contributed by atoms with Gasteiger partial charge in [-0.15, -0.1) is 0 Å². The van der Waals surface area contributed by atoms with Crippen molar-refractivity contribution in [3.63, 3.8) is 0 Å². The largest absolute Gasteiger partial charge is 0.507 e. The zero-order valence-corrected chi connectivity index (χ0v) is 11.7. The van der Waals surface area contributed by atoms with Crippen molar-refractivity contribution in [2.45, 2.75) is 13.3 Å². The van der Waals surface area contributed by atoms with Gasteiger partial charge in [-0.25, -0.2) is 0 Å². The molecule has 0 atom stereocenters. The van der Waals surface area contributed by atoms with Gasteiger partial charge in [0.2, 0.25) is 0 Å². The monoisotopic (exact) mass is 281 g/mol. The number of aryl methyl sites for hydroxylation is 1. The first-order valence-electron chi connectivity index (χ1n) is 6.81. The van der Waals surface area contributed by atoms with Crippen LogP contribution in [0, 0.1) is 6.92 Å². The Morgan fingerprint density at radius 3 is 2.71 bits per heavy atom. The number of phenolic OH excluding ortho intramolecular Hbond substituents is 1. The van der Waals surface area contributed by atoms with Crippen LogP contribution in [-0.4, -0.2) is 23.3 Å².